The average Bonchev–Trinajstić information content (AvgIpc) is 2.97. The second-order valence-corrected chi connectivity index (χ2v) is 7.98. The minimum Gasteiger partial charge on any atom is -0.347 e. The molecule has 2 rings (SSSR count). The molecule has 3 nitrogen and oxygen atoms in total. The number of amides is 1. The molecule has 20 heavy (non-hydrogen) atoms. The molecule has 0 radical (unpaired) electrons. The zero-order chi connectivity index (χ0) is 14.7. The number of hydrogen-bond acceptors (Lipinski definition) is 2. The van der Waals surface area contributed by atoms with Gasteiger partial charge in [-0.15, -0.1) is 0 Å². The van der Waals surface area contributed by atoms with E-state index < -0.39 is 0 Å². The van der Waals surface area contributed by atoms with Crippen molar-refractivity contribution < 1.29 is 4.79 Å². The normalized spacial score (nSPS) is 22.4. The second kappa shape index (κ2) is 7.03. The number of aromatic nitrogens is 1. The van der Waals surface area contributed by atoms with Gasteiger partial charge in [0.1, 0.15) is 5.69 Å². The average molecular weight is 359 g/mol. The molecule has 1 amide bonds. The molecular weight excluding hydrogens is 336 g/mol. The molecule has 0 aromatic carbocycles. The lowest BCUT2D eigenvalue weighted by atomic mass is 10.2. The highest BCUT2D eigenvalue weighted by molar-refractivity contribution is 9.10. The molecule has 1 aliphatic rings. The monoisotopic (exact) mass is 358 g/mol. The van der Waals surface area contributed by atoms with Crippen LogP contribution in [0, 0.1) is 0 Å². The van der Waals surface area contributed by atoms with Gasteiger partial charge in [0, 0.05) is 28.0 Å². The standard InChI is InChI=1S/C15H23BrN2OS/c1-4-20-14-7-5-6-12(14)17-15(19)13-8-11(16)9-18(13)10(2)3/h8-10,12,14H,4-7H2,1-3H3,(H,17,19). The van der Waals surface area contributed by atoms with E-state index in [-0.39, 0.29) is 11.9 Å². The van der Waals surface area contributed by atoms with Crippen molar-refractivity contribution in [3.05, 3.63) is 22.4 Å². The predicted molar refractivity (Wildman–Crippen MR) is 89.5 cm³/mol. The number of nitrogens with zero attached hydrogens (tertiary/aromatic N) is 1. The predicted octanol–water partition coefficient (Wildman–Crippen LogP) is 4.24. The van der Waals surface area contributed by atoms with Gasteiger partial charge in [-0.05, 0) is 54.4 Å². The summed E-state index contributed by atoms with van der Waals surface area (Å²) in [5.41, 5.74) is 0.749. The van der Waals surface area contributed by atoms with Gasteiger partial charge >= 0.3 is 0 Å². The van der Waals surface area contributed by atoms with Crippen LogP contribution in [0.5, 0.6) is 0 Å². The molecule has 1 N–H and O–H groups in total. The maximum absolute atomic E-state index is 12.5. The zero-order valence-corrected chi connectivity index (χ0v) is 14.8. The summed E-state index contributed by atoms with van der Waals surface area (Å²) in [7, 11) is 0. The van der Waals surface area contributed by atoms with Crippen LogP contribution in [0.15, 0.2) is 16.7 Å². The molecule has 0 saturated heterocycles. The number of nitrogens with one attached hydrogen (secondary N) is 1. The highest BCUT2D eigenvalue weighted by Crippen LogP contribution is 2.30. The molecule has 0 bridgehead atoms. The first kappa shape index (κ1) is 16.0. The fourth-order valence-electron chi connectivity index (χ4n) is 2.80. The van der Waals surface area contributed by atoms with Crippen LogP contribution < -0.4 is 5.32 Å². The van der Waals surface area contributed by atoms with E-state index in [2.05, 4.69) is 42.0 Å². The Labute approximate surface area is 134 Å². The smallest absolute Gasteiger partial charge is 0.268 e. The van der Waals surface area contributed by atoms with Crippen molar-refractivity contribution in [1.29, 1.82) is 0 Å². The first-order valence-corrected chi connectivity index (χ1v) is 9.17. The molecule has 1 aliphatic carbocycles. The van der Waals surface area contributed by atoms with Crippen LogP contribution in [0.4, 0.5) is 0 Å². The van der Waals surface area contributed by atoms with Gasteiger partial charge in [0.25, 0.3) is 5.91 Å². The number of carbonyl (C=O) groups excluding carboxylic acids is 1. The van der Waals surface area contributed by atoms with Crippen LogP contribution in [0.3, 0.4) is 0 Å². The maximum atomic E-state index is 12.5. The first-order chi connectivity index (χ1) is 9.52. The Bertz CT molecular complexity index is 472. The van der Waals surface area contributed by atoms with Crippen LogP contribution >= 0.6 is 27.7 Å². The van der Waals surface area contributed by atoms with E-state index in [1.807, 2.05) is 28.6 Å². The van der Waals surface area contributed by atoms with Gasteiger partial charge < -0.3 is 9.88 Å². The number of rotatable bonds is 5. The number of thioether (sulfide) groups is 1. The SMILES string of the molecule is CCSC1CCCC1NC(=O)c1cc(Br)cn1C(C)C. The third-order valence-electron chi connectivity index (χ3n) is 3.75. The Balaban J connectivity index is 2.08. The maximum Gasteiger partial charge on any atom is 0.268 e. The summed E-state index contributed by atoms with van der Waals surface area (Å²) in [5.74, 6) is 1.17. The number of hydrogen-bond donors (Lipinski definition) is 1. The van der Waals surface area contributed by atoms with Crippen molar-refractivity contribution in [2.45, 2.75) is 57.4 Å². The van der Waals surface area contributed by atoms with Gasteiger partial charge in [0.15, 0.2) is 0 Å². The largest absolute Gasteiger partial charge is 0.347 e. The minimum absolute atomic E-state index is 0.0537. The summed E-state index contributed by atoms with van der Waals surface area (Å²) in [5, 5.41) is 3.82. The molecule has 1 aromatic rings. The first-order valence-electron chi connectivity index (χ1n) is 7.32. The van der Waals surface area contributed by atoms with Crippen LogP contribution in [0.2, 0.25) is 0 Å². The molecule has 0 spiro atoms. The van der Waals surface area contributed by atoms with E-state index >= 15 is 0 Å². The van der Waals surface area contributed by atoms with E-state index in [4.69, 9.17) is 0 Å². The molecule has 1 fully saturated rings. The molecule has 1 aromatic heterocycles. The lowest BCUT2D eigenvalue weighted by Crippen LogP contribution is -2.39. The van der Waals surface area contributed by atoms with Gasteiger partial charge in [-0.25, -0.2) is 0 Å². The van der Waals surface area contributed by atoms with E-state index in [9.17, 15) is 4.79 Å². The minimum atomic E-state index is 0.0537. The summed E-state index contributed by atoms with van der Waals surface area (Å²) in [6.07, 6.45) is 5.52. The highest BCUT2D eigenvalue weighted by Gasteiger charge is 2.29. The molecule has 5 heteroatoms. The van der Waals surface area contributed by atoms with E-state index in [1.54, 1.807) is 0 Å². The van der Waals surface area contributed by atoms with E-state index in [1.165, 1.54) is 12.8 Å². The lowest BCUT2D eigenvalue weighted by Gasteiger charge is -2.21. The van der Waals surface area contributed by atoms with Crippen LogP contribution in [-0.2, 0) is 0 Å². The Morgan fingerprint density at radius 2 is 2.30 bits per heavy atom. The fraction of sp³-hybridized carbons (Fsp3) is 0.667. The summed E-state index contributed by atoms with van der Waals surface area (Å²) in [6, 6.07) is 2.51. The van der Waals surface area contributed by atoms with Gasteiger partial charge in [-0.2, -0.15) is 11.8 Å². The number of halogens is 1. The summed E-state index contributed by atoms with van der Waals surface area (Å²) in [4.78, 5) is 12.5. The third kappa shape index (κ3) is 3.61. The van der Waals surface area contributed by atoms with Crippen molar-refractivity contribution in [3.63, 3.8) is 0 Å². The summed E-state index contributed by atoms with van der Waals surface area (Å²) >= 11 is 5.43. The molecule has 2 atom stereocenters. The van der Waals surface area contributed by atoms with Crippen molar-refractivity contribution in [2.24, 2.45) is 0 Å². The van der Waals surface area contributed by atoms with Crippen LogP contribution in [0.25, 0.3) is 0 Å². The van der Waals surface area contributed by atoms with Gasteiger partial charge in [0.05, 0.1) is 0 Å². The topological polar surface area (TPSA) is 34.0 Å². The quantitative estimate of drug-likeness (QED) is 0.853. The molecular formula is C15H23BrN2OS. The number of carbonyl (C=O) groups is 1. The van der Waals surface area contributed by atoms with E-state index in [0.29, 0.717) is 11.3 Å². The summed E-state index contributed by atoms with van der Waals surface area (Å²) in [6.45, 7) is 6.37. The molecule has 1 heterocycles. The van der Waals surface area contributed by atoms with Crippen molar-refractivity contribution >= 4 is 33.6 Å². The fourth-order valence-corrected chi connectivity index (χ4v) is 4.44. The van der Waals surface area contributed by atoms with Crippen molar-refractivity contribution in [3.8, 4) is 0 Å². The third-order valence-corrected chi connectivity index (χ3v) is 5.51. The van der Waals surface area contributed by atoms with Crippen LogP contribution in [0.1, 0.15) is 56.6 Å². The van der Waals surface area contributed by atoms with E-state index in [0.717, 1.165) is 22.3 Å². The Kier molecular flexibility index (Phi) is 5.61. The Hall–Kier alpha value is -0.420. The Morgan fingerprint density at radius 1 is 1.55 bits per heavy atom. The molecule has 1 saturated carbocycles. The van der Waals surface area contributed by atoms with Gasteiger partial charge in [-0.3, -0.25) is 4.79 Å². The van der Waals surface area contributed by atoms with Gasteiger partial charge in [-0.1, -0.05) is 13.3 Å². The zero-order valence-electron chi connectivity index (χ0n) is 12.4. The summed E-state index contributed by atoms with van der Waals surface area (Å²) < 4.78 is 2.98. The second-order valence-electron chi connectivity index (χ2n) is 5.55. The van der Waals surface area contributed by atoms with Crippen LogP contribution in [-0.4, -0.2) is 27.5 Å². The Morgan fingerprint density at radius 3 is 2.95 bits per heavy atom. The molecule has 112 valence electrons. The van der Waals surface area contributed by atoms with Crippen molar-refractivity contribution in [1.82, 2.24) is 9.88 Å². The lowest BCUT2D eigenvalue weighted by molar-refractivity contribution is 0.0928. The molecule has 2 unspecified atom stereocenters. The van der Waals surface area contributed by atoms with Crippen molar-refractivity contribution in [2.75, 3.05) is 5.75 Å². The molecule has 0 aliphatic heterocycles. The van der Waals surface area contributed by atoms with Gasteiger partial charge in [0.2, 0.25) is 0 Å². The highest BCUT2D eigenvalue weighted by atomic mass is 79.9.